The topological polar surface area (TPSA) is 276 Å². The Labute approximate surface area is 505 Å². The Morgan fingerprint density at radius 3 is 1.12 bits per heavy atom. The Balaban J connectivity index is 1.10. The number of ether oxygens (including phenoxy) is 23. The lowest BCUT2D eigenvalue weighted by Gasteiger charge is -2.52. The van der Waals surface area contributed by atoms with Gasteiger partial charge in [-0.05, 0) is 31.5 Å². The summed E-state index contributed by atoms with van der Waals surface area (Å²) in [4.78, 5) is -0.0748. The van der Waals surface area contributed by atoms with Crippen LogP contribution in [0.2, 0.25) is 0 Å². The molecule has 1 N–H and O–H groups in total. The van der Waals surface area contributed by atoms with Gasteiger partial charge in [0.1, 0.15) is 122 Å². The fourth-order valence-electron chi connectivity index (χ4n) is 12.0. The molecule has 7 rings (SSSR count). The van der Waals surface area contributed by atoms with Crippen LogP contribution in [-0.4, -0.2) is 292 Å². The van der Waals surface area contributed by atoms with Gasteiger partial charge < -0.3 is 114 Å². The van der Waals surface area contributed by atoms with Gasteiger partial charge in [0, 0.05) is 92.4 Å². The van der Waals surface area contributed by atoms with Crippen molar-refractivity contribution in [2.75, 3.05) is 125 Å². The first-order chi connectivity index (χ1) is 41.6. The highest BCUT2D eigenvalue weighted by Gasteiger charge is 2.59. The summed E-state index contributed by atoms with van der Waals surface area (Å²) in [6.45, 7) is 3.53. The average Bonchev–Trinajstić information content (AvgIpc) is 1.23. The fourth-order valence-corrected chi connectivity index (χ4v) is 12.9. The molecular formula is C58H92O27S. The van der Waals surface area contributed by atoms with E-state index in [0.29, 0.717) is 6.61 Å². The van der Waals surface area contributed by atoms with E-state index < -0.39 is 164 Å². The molecule has 5 fully saturated rings. The van der Waals surface area contributed by atoms with Crippen LogP contribution in [0.4, 0.5) is 0 Å². The monoisotopic (exact) mass is 1250 g/mol. The highest BCUT2D eigenvalue weighted by molar-refractivity contribution is 7.86. The van der Waals surface area contributed by atoms with Crippen LogP contribution in [0, 0.1) is 6.92 Å². The summed E-state index contributed by atoms with van der Waals surface area (Å²) in [5.41, 5.74) is 1.85. The Bertz CT molecular complexity index is 2350. The van der Waals surface area contributed by atoms with Crippen molar-refractivity contribution in [2.45, 2.75) is 179 Å². The van der Waals surface area contributed by atoms with Crippen LogP contribution >= 0.6 is 0 Å². The molecule has 5 aliphatic heterocycles. The van der Waals surface area contributed by atoms with Gasteiger partial charge in [-0.2, -0.15) is 8.42 Å². The smallest absolute Gasteiger partial charge is 0.297 e. The highest BCUT2D eigenvalue weighted by Crippen LogP contribution is 2.40. The van der Waals surface area contributed by atoms with E-state index in [9.17, 15) is 13.5 Å². The molecule has 0 amide bonds. The number of hydrogen-bond acceptors (Lipinski definition) is 27. The van der Waals surface area contributed by atoms with E-state index in [-0.39, 0.29) is 37.4 Å². The first kappa shape index (κ1) is 70.8. The lowest BCUT2D eigenvalue weighted by Crippen LogP contribution is -2.69. The molecular weight excluding hydrogens is 1160 g/mol. The number of benzene rings is 2. The minimum absolute atomic E-state index is 0.00948. The normalized spacial score (nSPS) is 38.9. The van der Waals surface area contributed by atoms with Crippen LogP contribution in [0.25, 0.3) is 0 Å². The molecule has 2 aromatic rings. The Hall–Kier alpha value is -2.61. The van der Waals surface area contributed by atoms with E-state index in [1.54, 1.807) is 26.4 Å². The predicted octanol–water partition coefficient (Wildman–Crippen LogP) is 1.59. The molecule has 0 spiro atoms. The van der Waals surface area contributed by atoms with Gasteiger partial charge in [0.2, 0.25) is 0 Å². The van der Waals surface area contributed by atoms with Crippen LogP contribution in [-0.2, 0) is 130 Å². The second-order valence-electron chi connectivity index (χ2n) is 21.4. The standard InChI is InChI=1S/C58H92O27S/c1-31-21-23-34(24-22-31)86(60,61)76-30-35-40(59)46(66-7)51(71-12)55(78-35)82-42-36(26-62-3)79-56(52(72-13)48(42)68-9)83-43-37(27-63-4)80-57(53(73-14)49(43)69-10)84-44-38(28-64-5)81-58(54(74-15)50(44)70-11)85-45-39(29-75-25-33-19-17-16-18-20-33)77-32(2)41(65-6)47(45)67-8/h16-24,32,35-59H,25-30H2,1-15H3/t32-,35?,36?,37-,38-,39?,40+,41?,42+,43+,44+,45+,46+,47-,48-,49?,50?,51?,52?,53?,54?,55-,56-,57+,58-/m0/s1. The van der Waals surface area contributed by atoms with E-state index in [2.05, 4.69) is 0 Å². The average molecular weight is 1250 g/mol. The van der Waals surface area contributed by atoms with Crippen LogP contribution in [0.15, 0.2) is 59.5 Å². The molecule has 2 aromatic carbocycles. The zero-order valence-electron chi connectivity index (χ0n) is 51.8. The van der Waals surface area contributed by atoms with Crippen molar-refractivity contribution >= 4 is 10.1 Å². The third-order valence-electron chi connectivity index (χ3n) is 16.2. The minimum atomic E-state index is -4.27. The van der Waals surface area contributed by atoms with Crippen molar-refractivity contribution in [1.29, 1.82) is 0 Å². The molecule has 86 heavy (non-hydrogen) atoms. The maximum atomic E-state index is 13.3. The van der Waals surface area contributed by atoms with Gasteiger partial charge in [0.15, 0.2) is 25.2 Å². The van der Waals surface area contributed by atoms with Crippen molar-refractivity contribution in [3.05, 3.63) is 65.7 Å². The van der Waals surface area contributed by atoms with Crippen LogP contribution in [0.1, 0.15) is 18.1 Å². The summed E-state index contributed by atoms with van der Waals surface area (Å²) in [5, 5.41) is 11.5. The molecule has 10 unspecified atom stereocenters. The van der Waals surface area contributed by atoms with Crippen molar-refractivity contribution in [3.8, 4) is 0 Å². The van der Waals surface area contributed by atoms with Gasteiger partial charge in [-0.25, -0.2) is 0 Å². The van der Waals surface area contributed by atoms with E-state index in [1.807, 2.05) is 44.2 Å². The van der Waals surface area contributed by atoms with Gasteiger partial charge in [0.05, 0.1) is 50.6 Å². The number of aryl methyl sites for hydroxylation is 1. The number of aliphatic hydroxyl groups excluding tert-OH is 1. The number of aliphatic hydroxyl groups is 1. The summed E-state index contributed by atoms with van der Waals surface area (Å²) in [7, 11) is 15.1. The van der Waals surface area contributed by atoms with E-state index in [1.165, 1.54) is 90.3 Å². The largest absolute Gasteiger partial charge is 0.387 e. The lowest BCUT2D eigenvalue weighted by atomic mass is 9.94. The van der Waals surface area contributed by atoms with Crippen molar-refractivity contribution < 1.29 is 127 Å². The third-order valence-corrected chi connectivity index (χ3v) is 17.5. The number of rotatable bonds is 32. The van der Waals surface area contributed by atoms with E-state index in [4.69, 9.17) is 113 Å². The number of hydrogen-bond donors (Lipinski definition) is 1. The second-order valence-corrected chi connectivity index (χ2v) is 23.0. The molecule has 0 aromatic heterocycles. The summed E-state index contributed by atoms with van der Waals surface area (Å²) in [6.07, 6.45) is -24.2. The van der Waals surface area contributed by atoms with Crippen molar-refractivity contribution in [1.82, 2.24) is 0 Å². The van der Waals surface area contributed by atoms with Crippen LogP contribution < -0.4 is 0 Å². The van der Waals surface area contributed by atoms with Crippen molar-refractivity contribution in [2.24, 2.45) is 0 Å². The molecule has 28 heteroatoms. The molecule has 0 radical (unpaired) electrons. The summed E-state index contributed by atoms with van der Waals surface area (Å²) < 4.78 is 177. The fraction of sp³-hybridized carbons (Fsp3) is 0.793. The SMILES string of the molecule is COCC1O[C@@H](O[C@H]2C(OC)C(OC)[C@@H](O[C@H]3C(OC)C(OC)[C@H](O[C@@H]4C(COCc5ccccc5)O[C@@H](C)C(OC)[C@@H]4OC)O[C@H]3COC)O[C@H]2COC)C(OC)[C@@H](OC)[C@@H]1O[C@@H]1OC(COS(=O)(=O)c2ccc(C)cc2)[C@@H](O)[C@@H](OC)C1OC. The Morgan fingerprint density at radius 1 is 0.395 bits per heavy atom. The molecule has 492 valence electrons. The van der Waals surface area contributed by atoms with Gasteiger partial charge >= 0.3 is 0 Å². The molecule has 27 nitrogen and oxygen atoms in total. The van der Waals surface area contributed by atoms with Crippen molar-refractivity contribution in [3.63, 3.8) is 0 Å². The first-order valence-electron chi connectivity index (χ1n) is 28.5. The molecule has 5 saturated heterocycles. The molecule has 25 atom stereocenters. The number of methoxy groups -OCH3 is 13. The summed E-state index contributed by atoms with van der Waals surface area (Å²) in [5.74, 6) is 0. The Kier molecular flexibility index (Phi) is 28.1. The predicted molar refractivity (Wildman–Crippen MR) is 298 cm³/mol. The first-order valence-corrected chi connectivity index (χ1v) is 29.9. The van der Waals surface area contributed by atoms with Gasteiger partial charge in [0.25, 0.3) is 10.1 Å². The maximum absolute atomic E-state index is 13.3. The Morgan fingerprint density at radius 2 is 0.744 bits per heavy atom. The summed E-state index contributed by atoms with van der Waals surface area (Å²) >= 11 is 0. The second kappa shape index (κ2) is 34.2. The third kappa shape index (κ3) is 16.5. The van der Waals surface area contributed by atoms with Crippen LogP contribution in [0.5, 0.6) is 0 Å². The molecule has 0 bridgehead atoms. The van der Waals surface area contributed by atoms with Crippen LogP contribution in [0.3, 0.4) is 0 Å². The highest BCUT2D eigenvalue weighted by atomic mass is 32.2. The van der Waals surface area contributed by atoms with Gasteiger partial charge in [-0.1, -0.05) is 48.0 Å². The zero-order valence-corrected chi connectivity index (χ0v) is 52.7. The minimum Gasteiger partial charge on any atom is -0.387 e. The molecule has 5 heterocycles. The molecule has 0 saturated carbocycles. The molecule has 0 aliphatic carbocycles. The van der Waals surface area contributed by atoms with E-state index >= 15 is 0 Å². The maximum Gasteiger partial charge on any atom is 0.297 e. The zero-order chi connectivity index (χ0) is 62.2. The van der Waals surface area contributed by atoms with Gasteiger partial charge in [-0.3, -0.25) is 4.18 Å². The van der Waals surface area contributed by atoms with E-state index in [0.717, 1.165) is 11.1 Å². The molecule has 5 aliphatic rings. The quantitative estimate of drug-likeness (QED) is 0.102. The lowest BCUT2D eigenvalue weighted by molar-refractivity contribution is -0.397. The summed E-state index contributed by atoms with van der Waals surface area (Å²) in [6, 6.07) is 15.9. The van der Waals surface area contributed by atoms with Gasteiger partial charge in [-0.15, -0.1) is 0 Å².